The van der Waals surface area contributed by atoms with E-state index >= 15 is 4.39 Å². The van der Waals surface area contributed by atoms with Crippen molar-refractivity contribution in [3.63, 3.8) is 0 Å². The smallest absolute Gasteiger partial charge is 0.256 e. The van der Waals surface area contributed by atoms with Gasteiger partial charge in [-0.3, -0.25) is 9.69 Å². The molecular formula is C28H31FN6O3. The number of likely N-dealkylation sites (tertiary alicyclic amines) is 1. The van der Waals surface area contributed by atoms with Gasteiger partial charge in [0, 0.05) is 49.9 Å². The number of methoxy groups -OCH3 is 1. The number of aromatic amines is 1. The van der Waals surface area contributed by atoms with Crippen LogP contribution in [0.2, 0.25) is 0 Å². The maximum Gasteiger partial charge on any atom is 0.256 e. The zero-order chi connectivity index (χ0) is 26.2. The first-order valence-electron chi connectivity index (χ1n) is 13.2. The van der Waals surface area contributed by atoms with E-state index < -0.39 is 5.82 Å². The molecule has 1 aromatic carbocycles. The van der Waals surface area contributed by atoms with E-state index in [9.17, 15) is 10.1 Å². The summed E-state index contributed by atoms with van der Waals surface area (Å²) in [5, 5.41) is 13.5. The van der Waals surface area contributed by atoms with E-state index in [4.69, 9.17) is 9.47 Å². The van der Waals surface area contributed by atoms with Gasteiger partial charge in [-0.25, -0.2) is 9.37 Å². The number of carbonyl (C=O) groups is 1. The normalized spacial score (nSPS) is 18.9. The number of morpholine rings is 1. The molecule has 6 rings (SSSR count). The van der Waals surface area contributed by atoms with Gasteiger partial charge >= 0.3 is 0 Å². The van der Waals surface area contributed by atoms with Crippen molar-refractivity contribution in [3.05, 3.63) is 46.9 Å². The number of ether oxygens (including phenoxy) is 2. The number of piperidine rings is 1. The zero-order valence-electron chi connectivity index (χ0n) is 21.4. The fourth-order valence-electron chi connectivity index (χ4n) is 5.70. The Morgan fingerprint density at radius 2 is 1.95 bits per heavy atom. The average Bonchev–Trinajstić information content (AvgIpc) is 3.72. The summed E-state index contributed by atoms with van der Waals surface area (Å²) in [5.74, 6) is 0.335. The van der Waals surface area contributed by atoms with Gasteiger partial charge in [0.2, 0.25) is 0 Å². The summed E-state index contributed by atoms with van der Waals surface area (Å²) in [6.07, 6.45) is 5.53. The van der Waals surface area contributed by atoms with Crippen LogP contribution >= 0.6 is 0 Å². The number of amides is 1. The van der Waals surface area contributed by atoms with Crippen LogP contribution in [0.15, 0.2) is 24.4 Å². The number of anilines is 2. The lowest BCUT2D eigenvalue weighted by Gasteiger charge is -2.40. The molecule has 0 radical (unpaired) electrons. The Kier molecular flexibility index (Phi) is 6.64. The van der Waals surface area contributed by atoms with Crippen molar-refractivity contribution in [1.29, 1.82) is 5.26 Å². The minimum atomic E-state index is -0.608. The number of fused-ring (bicyclic) bond motifs is 1. The standard InChI is InChI=1S/C28H31FN6O3/c1-37-24-12-21(28(36)35-6-4-19(5-7-35)34-8-10-38-11-9-34)22(29)14-23(24)32-25-13-20(17-2-3-17)26-18(15-30)16-31-27(26)33-25/h12-14,16-17,19H,2-11H2,1H3,(H2,31,32,33). The van der Waals surface area contributed by atoms with Crippen molar-refractivity contribution in [1.82, 2.24) is 19.8 Å². The number of hydrogen-bond donors (Lipinski definition) is 2. The van der Waals surface area contributed by atoms with Crippen molar-refractivity contribution in [3.8, 4) is 11.8 Å². The van der Waals surface area contributed by atoms with Crippen LogP contribution < -0.4 is 10.1 Å². The van der Waals surface area contributed by atoms with Crippen LogP contribution in [0.4, 0.5) is 15.9 Å². The number of nitrogens with zero attached hydrogens (tertiary/aromatic N) is 4. The van der Waals surface area contributed by atoms with E-state index in [0.717, 1.165) is 62.9 Å². The predicted octanol–water partition coefficient (Wildman–Crippen LogP) is 4.14. The Morgan fingerprint density at radius 3 is 2.63 bits per heavy atom. The number of nitrogens with one attached hydrogen (secondary N) is 2. The third kappa shape index (κ3) is 4.68. The summed E-state index contributed by atoms with van der Waals surface area (Å²) in [6, 6.07) is 7.35. The van der Waals surface area contributed by atoms with E-state index in [1.54, 1.807) is 11.1 Å². The monoisotopic (exact) mass is 518 g/mol. The molecule has 10 heteroatoms. The summed E-state index contributed by atoms with van der Waals surface area (Å²) in [7, 11) is 1.50. The molecule has 9 nitrogen and oxygen atoms in total. The molecule has 2 aliphatic heterocycles. The topological polar surface area (TPSA) is 107 Å². The number of rotatable bonds is 6. The number of aromatic nitrogens is 2. The number of hydrogen-bond acceptors (Lipinski definition) is 7. The lowest BCUT2D eigenvalue weighted by molar-refractivity contribution is 0.00154. The Hall–Kier alpha value is -3.68. The maximum atomic E-state index is 15.3. The third-order valence-electron chi connectivity index (χ3n) is 7.91. The molecule has 3 aromatic rings. The first-order valence-corrected chi connectivity index (χ1v) is 13.2. The van der Waals surface area contributed by atoms with Crippen LogP contribution in [-0.4, -0.2) is 78.2 Å². The number of nitriles is 1. The molecule has 0 spiro atoms. The summed E-state index contributed by atoms with van der Waals surface area (Å²) in [4.78, 5) is 25.1. The molecule has 198 valence electrons. The van der Waals surface area contributed by atoms with Crippen LogP contribution in [0.25, 0.3) is 11.0 Å². The molecular weight excluding hydrogens is 487 g/mol. The molecule has 1 aliphatic carbocycles. The number of halogens is 1. The zero-order valence-corrected chi connectivity index (χ0v) is 21.4. The fraction of sp³-hybridized carbons (Fsp3) is 0.464. The van der Waals surface area contributed by atoms with E-state index in [1.807, 2.05) is 6.07 Å². The molecule has 0 bridgehead atoms. The van der Waals surface area contributed by atoms with Crippen LogP contribution in [0.5, 0.6) is 5.75 Å². The van der Waals surface area contributed by atoms with Crippen molar-refractivity contribution in [2.24, 2.45) is 0 Å². The van der Waals surface area contributed by atoms with E-state index in [2.05, 4.69) is 26.3 Å². The van der Waals surface area contributed by atoms with Crippen molar-refractivity contribution in [2.75, 3.05) is 51.8 Å². The molecule has 2 N–H and O–H groups in total. The second-order valence-corrected chi connectivity index (χ2v) is 10.2. The fourth-order valence-corrected chi connectivity index (χ4v) is 5.70. The molecule has 38 heavy (non-hydrogen) atoms. The van der Waals surface area contributed by atoms with Gasteiger partial charge in [-0.1, -0.05) is 0 Å². The molecule has 0 atom stereocenters. The largest absolute Gasteiger partial charge is 0.495 e. The van der Waals surface area contributed by atoms with Crippen molar-refractivity contribution in [2.45, 2.75) is 37.6 Å². The van der Waals surface area contributed by atoms with Gasteiger partial charge in [0.05, 0.1) is 37.1 Å². The number of H-pyrrole nitrogens is 1. The highest BCUT2D eigenvalue weighted by Gasteiger charge is 2.31. The SMILES string of the molecule is COc1cc(C(=O)N2CCC(N3CCOCC3)CC2)c(F)cc1Nc1cc(C2CC2)c2c(C#N)c[nH]c2n1. The summed E-state index contributed by atoms with van der Waals surface area (Å²) < 4.78 is 26.3. The second kappa shape index (κ2) is 10.2. The molecule has 1 amide bonds. The van der Waals surface area contributed by atoms with Crippen molar-refractivity contribution >= 4 is 28.4 Å². The molecule has 4 heterocycles. The van der Waals surface area contributed by atoms with Crippen LogP contribution in [0.3, 0.4) is 0 Å². The van der Waals surface area contributed by atoms with Crippen LogP contribution in [0, 0.1) is 17.1 Å². The first kappa shape index (κ1) is 24.6. The Labute approximate surface area is 220 Å². The van der Waals surface area contributed by atoms with Gasteiger partial charge in [-0.15, -0.1) is 0 Å². The number of pyridine rings is 1. The van der Waals surface area contributed by atoms with Gasteiger partial charge < -0.3 is 24.7 Å². The Balaban J connectivity index is 1.21. The second-order valence-electron chi connectivity index (χ2n) is 10.2. The van der Waals surface area contributed by atoms with Crippen LogP contribution in [0.1, 0.15) is 53.1 Å². The third-order valence-corrected chi connectivity index (χ3v) is 7.91. The minimum Gasteiger partial charge on any atom is -0.495 e. The molecule has 2 saturated heterocycles. The van der Waals surface area contributed by atoms with E-state index in [1.165, 1.54) is 19.2 Å². The highest BCUT2D eigenvalue weighted by Crippen LogP contribution is 2.45. The summed E-state index contributed by atoms with van der Waals surface area (Å²) in [6.45, 7) is 4.54. The Bertz CT molecular complexity index is 1400. The van der Waals surface area contributed by atoms with Gasteiger partial charge in [-0.2, -0.15) is 5.26 Å². The minimum absolute atomic E-state index is 0.00216. The van der Waals surface area contributed by atoms with Gasteiger partial charge in [0.25, 0.3) is 5.91 Å². The van der Waals surface area contributed by atoms with Crippen LogP contribution in [-0.2, 0) is 4.74 Å². The first-order chi connectivity index (χ1) is 18.6. The summed E-state index contributed by atoms with van der Waals surface area (Å²) in [5.41, 5.74) is 2.62. The highest BCUT2D eigenvalue weighted by atomic mass is 19.1. The number of carbonyl (C=O) groups excluding carboxylic acids is 1. The van der Waals surface area contributed by atoms with E-state index in [0.29, 0.717) is 53.5 Å². The molecule has 3 fully saturated rings. The molecule has 2 aromatic heterocycles. The molecule has 1 saturated carbocycles. The number of benzene rings is 1. The quantitative estimate of drug-likeness (QED) is 0.505. The Morgan fingerprint density at radius 1 is 1.18 bits per heavy atom. The van der Waals surface area contributed by atoms with Gasteiger partial charge in [-0.05, 0) is 49.3 Å². The summed E-state index contributed by atoms with van der Waals surface area (Å²) >= 11 is 0. The molecule has 0 unspecified atom stereocenters. The molecule has 3 aliphatic rings. The van der Waals surface area contributed by atoms with Crippen molar-refractivity contribution < 1.29 is 18.7 Å². The average molecular weight is 519 g/mol. The van der Waals surface area contributed by atoms with Gasteiger partial charge in [0.1, 0.15) is 29.1 Å². The highest BCUT2D eigenvalue weighted by molar-refractivity contribution is 5.96. The maximum absolute atomic E-state index is 15.3. The van der Waals surface area contributed by atoms with E-state index in [-0.39, 0.29) is 11.5 Å². The van der Waals surface area contributed by atoms with Gasteiger partial charge in [0.15, 0.2) is 0 Å². The lowest BCUT2D eigenvalue weighted by Crippen LogP contribution is -2.50. The lowest BCUT2D eigenvalue weighted by atomic mass is 10.0. The predicted molar refractivity (Wildman–Crippen MR) is 140 cm³/mol.